The molecule has 4 aliphatic heterocycles. The van der Waals surface area contributed by atoms with Crippen LogP contribution >= 0.6 is 11.8 Å². The first kappa shape index (κ1) is 21.6. The van der Waals surface area contributed by atoms with Crippen molar-refractivity contribution in [2.24, 2.45) is 5.92 Å². The molecule has 0 bridgehead atoms. The van der Waals surface area contributed by atoms with Gasteiger partial charge in [-0.05, 0) is 56.1 Å². The predicted octanol–water partition coefficient (Wildman–Crippen LogP) is 2.41. The molecule has 0 radical (unpaired) electrons. The number of piperidine rings is 2. The number of anilines is 1. The van der Waals surface area contributed by atoms with Crippen LogP contribution < -0.4 is 26.2 Å². The summed E-state index contributed by atoms with van der Waals surface area (Å²) in [5.41, 5.74) is 3.67. The number of amides is 3. The van der Waals surface area contributed by atoms with Crippen LogP contribution in [0.2, 0.25) is 0 Å². The Kier molecular flexibility index (Phi) is 5.76. The van der Waals surface area contributed by atoms with Gasteiger partial charge in [0.2, 0.25) is 0 Å². The second kappa shape index (κ2) is 9.05. The number of benzene rings is 1. The Labute approximate surface area is 203 Å². The summed E-state index contributed by atoms with van der Waals surface area (Å²) < 4.78 is 0. The first-order chi connectivity index (χ1) is 16.7. The second-order valence-corrected chi connectivity index (χ2v) is 10.4. The van der Waals surface area contributed by atoms with Gasteiger partial charge in [-0.2, -0.15) is 0 Å². The summed E-state index contributed by atoms with van der Waals surface area (Å²) in [5.74, 6) is -0.0281. The predicted molar refractivity (Wildman–Crippen MR) is 133 cm³/mol. The molecular formula is C25H28N6O2S. The molecule has 1 aromatic heterocycles. The van der Waals surface area contributed by atoms with Crippen LogP contribution in [-0.4, -0.2) is 54.0 Å². The summed E-state index contributed by atoms with van der Waals surface area (Å²) >= 11 is 1.55. The van der Waals surface area contributed by atoms with Gasteiger partial charge in [0.05, 0.1) is 16.3 Å². The Morgan fingerprint density at radius 3 is 2.88 bits per heavy atom. The van der Waals surface area contributed by atoms with Gasteiger partial charge >= 0.3 is 6.03 Å². The van der Waals surface area contributed by atoms with Crippen molar-refractivity contribution < 1.29 is 9.59 Å². The molecule has 3 unspecified atom stereocenters. The van der Waals surface area contributed by atoms with E-state index in [9.17, 15) is 9.59 Å². The highest BCUT2D eigenvalue weighted by Crippen LogP contribution is 2.48. The Bertz CT molecular complexity index is 1130. The van der Waals surface area contributed by atoms with Crippen LogP contribution in [0.3, 0.4) is 0 Å². The number of pyridine rings is 1. The first-order valence-electron chi connectivity index (χ1n) is 12.0. The van der Waals surface area contributed by atoms with E-state index in [2.05, 4.69) is 26.3 Å². The fourth-order valence-electron chi connectivity index (χ4n) is 5.52. The van der Waals surface area contributed by atoms with E-state index in [1.807, 2.05) is 47.5 Å². The number of thioether (sulfide) groups is 1. The van der Waals surface area contributed by atoms with E-state index in [4.69, 9.17) is 0 Å². The number of rotatable bonds is 4. The standard InChI is InChI=1S/C25H28N6O2S/c32-23(29-17-6-3-10-27-14-17)22-21-20-19(8-11-28-24(20)34-22)31(25(33)30-21)18-7-1-4-15(12-18)16-5-2-9-26-13-16/h1-2,4-5,7,9,12-13,17,19-20,24,27-28H,3,6,8,10-11,14H2,(H,29,32)(H,30,33)/t17-,19?,20?,24?/m1/s1. The lowest BCUT2D eigenvalue weighted by molar-refractivity contribution is -0.117. The zero-order valence-corrected chi connectivity index (χ0v) is 19.6. The number of urea groups is 1. The largest absolute Gasteiger partial charge is 0.348 e. The molecule has 5 heterocycles. The SMILES string of the molecule is O=C(N[C@@H]1CCCNC1)C1=C2NC(=O)N(c3cccc(-c4cccnc4)c3)C3CCNC(S1)C23. The fourth-order valence-corrected chi connectivity index (χ4v) is 6.92. The van der Waals surface area contributed by atoms with Crippen LogP contribution in [0, 0.1) is 5.92 Å². The summed E-state index contributed by atoms with van der Waals surface area (Å²) in [7, 11) is 0. The molecule has 4 N–H and O–H groups in total. The number of nitrogens with zero attached hydrogens (tertiary/aromatic N) is 2. The maximum atomic E-state index is 13.4. The third kappa shape index (κ3) is 3.87. The van der Waals surface area contributed by atoms with Crippen LogP contribution in [0.25, 0.3) is 11.1 Å². The van der Waals surface area contributed by atoms with Crippen LogP contribution in [0.4, 0.5) is 10.5 Å². The molecule has 9 heteroatoms. The molecule has 1 aromatic carbocycles. The van der Waals surface area contributed by atoms with Crippen molar-refractivity contribution in [3.05, 3.63) is 59.4 Å². The van der Waals surface area contributed by atoms with Gasteiger partial charge in [0.1, 0.15) is 0 Å². The van der Waals surface area contributed by atoms with Gasteiger partial charge in [0, 0.05) is 47.8 Å². The number of hydrogen-bond donors (Lipinski definition) is 4. The molecule has 4 atom stereocenters. The molecule has 4 aliphatic rings. The van der Waals surface area contributed by atoms with Crippen molar-refractivity contribution in [2.75, 3.05) is 24.5 Å². The van der Waals surface area contributed by atoms with Gasteiger partial charge in [-0.3, -0.25) is 14.7 Å². The van der Waals surface area contributed by atoms with E-state index in [0.29, 0.717) is 4.91 Å². The fraction of sp³-hybridized carbons (Fsp3) is 0.400. The zero-order chi connectivity index (χ0) is 23.1. The quantitative estimate of drug-likeness (QED) is 0.541. The number of carbonyl (C=O) groups is 2. The zero-order valence-electron chi connectivity index (χ0n) is 18.8. The average molecular weight is 477 g/mol. The lowest BCUT2D eigenvalue weighted by Gasteiger charge is -2.45. The number of carbonyl (C=O) groups excluding carboxylic acids is 2. The number of nitrogens with one attached hydrogen (secondary N) is 4. The molecular weight excluding hydrogens is 448 g/mol. The summed E-state index contributed by atoms with van der Waals surface area (Å²) in [6, 6.07) is 11.9. The van der Waals surface area contributed by atoms with Crippen molar-refractivity contribution in [3.8, 4) is 11.1 Å². The topological polar surface area (TPSA) is 98.4 Å². The van der Waals surface area contributed by atoms with Gasteiger partial charge in [0.25, 0.3) is 5.91 Å². The molecule has 0 saturated carbocycles. The lowest BCUT2D eigenvalue weighted by atomic mass is 9.86. The third-order valence-corrected chi connectivity index (χ3v) is 8.45. The van der Waals surface area contributed by atoms with Gasteiger partial charge in [-0.15, -0.1) is 0 Å². The molecule has 6 rings (SSSR count). The summed E-state index contributed by atoms with van der Waals surface area (Å²) in [6.07, 6.45) is 6.45. The maximum Gasteiger partial charge on any atom is 0.326 e. The van der Waals surface area contributed by atoms with E-state index >= 15 is 0 Å². The van der Waals surface area contributed by atoms with E-state index in [-0.39, 0.29) is 35.3 Å². The van der Waals surface area contributed by atoms with Crippen molar-refractivity contribution in [1.29, 1.82) is 0 Å². The Hall–Kier alpha value is -2.88. The molecule has 2 aromatic rings. The van der Waals surface area contributed by atoms with Gasteiger partial charge in [-0.25, -0.2) is 4.79 Å². The number of aromatic nitrogens is 1. The van der Waals surface area contributed by atoms with Gasteiger partial charge < -0.3 is 21.3 Å². The molecule has 8 nitrogen and oxygen atoms in total. The van der Waals surface area contributed by atoms with E-state index in [0.717, 1.165) is 61.4 Å². The Balaban J connectivity index is 1.30. The summed E-state index contributed by atoms with van der Waals surface area (Å²) in [4.78, 5) is 33.4. The molecule has 176 valence electrons. The minimum absolute atomic E-state index is 0.00621. The molecule has 0 spiro atoms. The molecule has 3 fully saturated rings. The van der Waals surface area contributed by atoms with Crippen LogP contribution in [0.1, 0.15) is 19.3 Å². The average Bonchev–Trinajstić information content (AvgIpc) is 3.25. The normalized spacial score (nSPS) is 28.4. The van der Waals surface area contributed by atoms with Crippen molar-refractivity contribution in [1.82, 2.24) is 26.3 Å². The second-order valence-electron chi connectivity index (χ2n) is 9.23. The lowest BCUT2D eigenvalue weighted by Crippen LogP contribution is -2.62. The molecule has 0 aliphatic carbocycles. The summed E-state index contributed by atoms with van der Waals surface area (Å²) in [6.45, 7) is 2.60. The highest BCUT2D eigenvalue weighted by atomic mass is 32.2. The Morgan fingerprint density at radius 1 is 1.15 bits per heavy atom. The van der Waals surface area contributed by atoms with Crippen molar-refractivity contribution >= 4 is 29.4 Å². The van der Waals surface area contributed by atoms with E-state index in [1.54, 1.807) is 18.0 Å². The highest BCUT2D eigenvalue weighted by Gasteiger charge is 2.51. The van der Waals surface area contributed by atoms with Gasteiger partial charge in [0.15, 0.2) is 0 Å². The summed E-state index contributed by atoms with van der Waals surface area (Å²) in [5, 5.41) is 13.3. The monoisotopic (exact) mass is 476 g/mol. The van der Waals surface area contributed by atoms with E-state index in [1.165, 1.54) is 0 Å². The minimum Gasteiger partial charge on any atom is -0.348 e. The first-order valence-corrected chi connectivity index (χ1v) is 12.8. The minimum atomic E-state index is -0.174. The number of hydrogen-bond acceptors (Lipinski definition) is 6. The Morgan fingerprint density at radius 2 is 2.06 bits per heavy atom. The molecule has 3 saturated heterocycles. The molecule has 3 amide bonds. The van der Waals surface area contributed by atoms with E-state index < -0.39 is 0 Å². The smallest absolute Gasteiger partial charge is 0.326 e. The third-order valence-electron chi connectivity index (χ3n) is 7.10. The van der Waals surface area contributed by atoms with Crippen LogP contribution in [0.5, 0.6) is 0 Å². The molecule has 34 heavy (non-hydrogen) atoms. The maximum absolute atomic E-state index is 13.4. The highest BCUT2D eigenvalue weighted by molar-refractivity contribution is 8.04. The van der Waals surface area contributed by atoms with Crippen LogP contribution in [-0.2, 0) is 4.79 Å². The van der Waals surface area contributed by atoms with Crippen LogP contribution in [0.15, 0.2) is 59.4 Å². The van der Waals surface area contributed by atoms with Crippen molar-refractivity contribution in [3.63, 3.8) is 0 Å². The van der Waals surface area contributed by atoms with Gasteiger partial charge in [-0.1, -0.05) is 30.0 Å². The van der Waals surface area contributed by atoms with Crippen molar-refractivity contribution in [2.45, 2.75) is 36.7 Å².